The third kappa shape index (κ3) is 3.51. The van der Waals surface area contributed by atoms with E-state index in [1.807, 2.05) is 53.2 Å². The molecule has 2 aliphatic rings. The number of rotatable bonds is 5. The molecule has 1 N–H and O–H groups in total. The summed E-state index contributed by atoms with van der Waals surface area (Å²) in [6.45, 7) is 1.69. The van der Waals surface area contributed by atoms with Gasteiger partial charge in [-0.25, -0.2) is 0 Å². The Bertz CT molecular complexity index is 1000. The van der Waals surface area contributed by atoms with Crippen molar-refractivity contribution in [2.24, 2.45) is 5.92 Å². The number of nitrogens with one attached hydrogen (secondary N) is 1. The van der Waals surface area contributed by atoms with Crippen molar-refractivity contribution in [3.63, 3.8) is 0 Å². The summed E-state index contributed by atoms with van der Waals surface area (Å²) in [6, 6.07) is 19.9. The maximum absolute atomic E-state index is 13.1. The number of hydrogen-bond acceptors (Lipinski definition) is 4. The van der Waals surface area contributed by atoms with Crippen LogP contribution in [0.25, 0.3) is 0 Å². The van der Waals surface area contributed by atoms with Crippen molar-refractivity contribution in [2.75, 3.05) is 13.2 Å². The molecule has 1 aromatic heterocycles. The summed E-state index contributed by atoms with van der Waals surface area (Å²) in [7, 11) is 0. The lowest BCUT2D eigenvalue weighted by Crippen LogP contribution is -2.36. The average molecular weight is 389 g/mol. The average Bonchev–Trinajstić information content (AvgIpc) is 3.48. The Balaban J connectivity index is 1.32. The summed E-state index contributed by atoms with van der Waals surface area (Å²) in [5, 5.41) is 7.63. The lowest BCUT2D eigenvalue weighted by Gasteiger charge is -2.21. The zero-order valence-electron chi connectivity index (χ0n) is 16.0. The molecule has 1 saturated heterocycles. The highest BCUT2D eigenvalue weighted by atomic mass is 16.5. The van der Waals surface area contributed by atoms with Gasteiger partial charge in [0.15, 0.2) is 0 Å². The maximum atomic E-state index is 13.1. The normalized spacial score (nSPS) is 22.8. The summed E-state index contributed by atoms with van der Waals surface area (Å²) < 4.78 is 13.6. The molecule has 0 unspecified atom stereocenters. The Morgan fingerprint density at radius 1 is 1.10 bits per heavy atom. The fraction of sp³-hybridized carbons (Fsp3) is 0.304. The molecule has 6 nitrogen and oxygen atoms in total. The van der Waals surface area contributed by atoms with Crippen LogP contribution in [0.3, 0.4) is 0 Å². The minimum atomic E-state index is -0.293. The van der Waals surface area contributed by atoms with E-state index in [1.165, 1.54) is 0 Å². The minimum absolute atomic E-state index is 0.00487. The lowest BCUT2D eigenvalue weighted by atomic mass is 9.97. The number of carbonyl (C=O) groups excluding carboxylic acids is 1. The molecule has 0 aliphatic carbocycles. The van der Waals surface area contributed by atoms with E-state index in [1.54, 1.807) is 6.20 Å². The van der Waals surface area contributed by atoms with Crippen LogP contribution in [-0.4, -0.2) is 28.9 Å². The third-order valence-corrected chi connectivity index (χ3v) is 5.66. The molecule has 3 heterocycles. The first kappa shape index (κ1) is 17.9. The van der Waals surface area contributed by atoms with Gasteiger partial charge in [-0.3, -0.25) is 9.48 Å². The van der Waals surface area contributed by atoms with E-state index in [0.29, 0.717) is 26.2 Å². The predicted octanol–water partition coefficient (Wildman–Crippen LogP) is 3.26. The van der Waals surface area contributed by atoms with E-state index in [9.17, 15) is 4.79 Å². The van der Waals surface area contributed by atoms with Crippen LogP contribution >= 0.6 is 0 Å². The Labute approximate surface area is 169 Å². The van der Waals surface area contributed by atoms with Crippen LogP contribution in [0.1, 0.15) is 35.4 Å². The number of aromatic nitrogens is 2. The number of carbonyl (C=O) groups is 1. The molecule has 2 aromatic carbocycles. The number of fused-ring (bicyclic) bond motifs is 1. The van der Waals surface area contributed by atoms with Crippen LogP contribution in [0.15, 0.2) is 66.9 Å². The summed E-state index contributed by atoms with van der Waals surface area (Å²) in [5.74, 6) is 0.609. The standard InChI is InChI=1S/C23H23N3O3/c27-23(25-19-15-29-21-9-5-4-8-17(19)21)18-11-13-28-22(18)20-10-12-24-26(20)14-16-6-2-1-3-7-16/h1-10,12,18-19,22H,11,13-15H2,(H,25,27)/t18-,19+,22-/m0/s1. The topological polar surface area (TPSA) is 65.4 Å². The monoisotopic (exact) mass is 389 g/mol. The molecule has 3 atom stereocenters. The largest absolute Gasteiger partial charge is 0.491 e. The van der Waals surface area contributed by atoms with Gasteiger partial charge >= 0.3 is 0 Å². The van der Waals surface area contributed by atoms with Gasteiger partial charge in [-0.15, -0.1) is 0 Å². The maximum Gasteiger partial charge on any atom is 0.226 e. The molecule has 3 aromatic rings. The van der Waals surface area contributed by atoms with Gasteiger partial charge in [-0.1, -0.05) is 48.5 Å². The highest BCUT2D eigenvalue weighted by Crippen LogP contribution is 2.37. The molecule has 2 aliphatic heterocycles. The van der Waals surface area contributed by atoms with Gasteiger partial charge < -0.3 is 14.8 Å². The van der Waals surface area contributed by atoms with Crippen LogP contribution in [0.5, 0.6) is 5.75 Å². The molecule has 0 spiro atoms. The number of para-hydroxylation sites is 1. The molecule has 29 heavy (non-hydrogen) atoms. The van der Waals surface area contributed by atoms with Crippen molar-refractivity contribution in [3.05, 3.63) is 83.7 Å². The first-order valence-electron chi connectivity index (χ1n) is 9.99. The van der Waals surface area contributed by atoms with Crippen molar-refractivity contribution >= 4 is 5.91 Å². The van der Waals surface area contributed by atoms with Gasteiger partial charge in [0, 0.05) is 18.4 Å². The van der Waals surface area contributed by atoms with Crippen LogP contribution in [0.2, 0.25) is 0 Å². The molecule has 0 bridgehead atoms. The smallest absolute Gasteiger partial charge is 0.226 e. The first-order valence-corrected chi connectivity index (χ1v) is 9.99. The van der Waals surface area contributed by atoms with Gasteiger partial charge in [0.1, 0.15) is 18.5 Å². The zero-order chi connectivity index (χ0) is 19.6. The number of ether oxygens (including phenoxy) is 2. The Morgan fingerprint density at radius 3 is 2.83 bits per heavy atom. The zero-order valence-corrected chi connectivity index (χ0v) is 16.0. The molecule has 1 fully saturated rings. The second kappa shape index (κ2) is 7.72. The molecule has 0 saturated carbocycles. The number of benzene rings is 2. The fourth-order valence-corrected chi connectivity index (χ4v) is 4.18. The Hall–Kier alpha value is -3.12. The third-order valence-electron chi connectivity index (χ3n) is 5.66. The Morgan fingerprint density at radius 2 is 1.93 bits per heavy atom. The summed E-state index contributed by atoms with van der Waals surface area (Å²) >= 11 is 0. The molecule has 148 valence electrons. The van der Waals surface area contributed by atoms with Crippen LogP contribution in [0, 0.1) is 5.92 Å². The second-order valence-electron chi connectivity index (χ2n) is 7.50. The van der Waals surface area contributed by atoms with Gasteiger partial charge in [-0.05, 0) is 24.1 Å². The quantitative estimate of drug-likeness (QED) is 0.727. The van der Waals surface area contributed by atoms with Crippen molar-refractivity contribution in [3.8, 4) is 5.75 Å². The summed E-state index contributed by atoms with van der Waals surface area (Å²) in [6.07, 6.45) is 2.18. The minimum Gasteiger partial charge on any atom is -0.491 e. The van der Waals surface area contributed by atoms with Crippen LogP contribution in [-0.2, 0) is 16.1 Å². The van der Waals surface area contributed by atoms with E-state index in [-0.39, 0.29) is 24.0 Å². The predicted molar refractivity (Wildman–Crippen MR) is 107 cm³/mol. The SMILES string of the molecule is O=C(N[C@@H]1COc2ccccc21)[C@H]1CCO[C@@H]1c1ccnn1Cc1ccccc1. The summed E-state index contributed by atoms with van der Waals surface area (Å²) in [5.41, 5.74) is 3.14. The molecule has 1 amide bonds. The van der Waals surface area contributed by atoms with Crippen molar-refractivity contribution in [1.82, 2.24) is 15.1 Å². The van der Waals surface area contributed by atoms with Crippen LogP contribution in [0.4, 0.5) is 0 Å². The van der Waals surface area contributed by atoms with E-state index in [0.717, 1.165) is 22.6 Å². The highest BCUT2D eigenvalue weighted by Gasteiger charge is 2.38. The molecule has 5 rings (SSSR count). The first-order chi connectivity index (χ1) is 14.3. The van der Waals surface area contributed by atoms with Gasteiger partial charge in [0.05, 0.1) is 24.2 Å². The molecular formula is C23H23N3O3. The lowest BCUT2D eigenvalue weighted by molar-refractivity contribution is -0.127. The van der Waals surface area contributed by atoms with Gasteiger partial charge in [-0.2, -0.15) is 5.10 Å². The second-order valence-corrected chi connectivity index (χ2v) is 7.50. The molecule has 6 heteroatoms. The van der Waals surface area contributed by atoms with Crippen LogP contribution < -0.4 is 10.1 Å². The molecular weight excluding hydrogens is 366 g/mol. The highest BCUT2D eigenvalue weighted by molar-refractivity contribution is 5.80. The van der Waals surface area contributed by atoms with E-state index >= 15 is 0 Å². The fourth-order valence-electron chi connectivity index (χ4n) is 4.18. The Kier molecular flexibility index (Phi) is 4.77. The van der Waals surface area contributed by atoms with Crippen molar-refractivity contribution in [2.45, 2.75) is 25.1 Å². The van der Waals surface area contributed by atoms with Crippen molar-refractivity contribution < 1.29 is 14.3 Å². The van der Waals surface area contributed by atoms with Crippen molar-refractivity contribution in [1.29, 1.82) is 0 Å². The van der Waals surface area contributed by atoms with Gasteiger partial charge in [0.25, 0.3) is 0 Å². The molecule has 0 radical (unpaired) electrons. The van der Waals surface area contributed by atoms with Gasteiger partial charge in [0.2, 0.25) is 5.91 Å². The van der Waals surface area contributed by atoms with E-state index < -0.39 is 0 Å². The van der Waals surface area contributed by atoms with E-state index in [2.05, 4.69) is 22.5 Å². The van der Waals surface area contributed by atoms with E-state index in [4.69, 9.17) is 9.47 Å². The number of hydrogen-bond donors (Lipinski definition) is 1. The number of nitrogens with zero attached hydrogens (tertiary/aromatic N) is 2. The summed E-state index contributed by atoms with van der Waals surface area (Å²) in [4.78, 5) is 13.1. The number of amides is 1.